The van der Waals surface area contributed by atoms with E-state index >= 15 is 0 Å². The molecular formula is C18H23F3N4O. The Morgan fingerprint density at radius 2 is 1.88 bits per heavy atom. The molecule has 26 heavy (non-hydrogen) atoms. The molecule has 2 aromatic rings. The molecule has 8 heteroatoms. The summed E-state index contributed by atoms with van der Waals surface area (Å²) < 4.78 is 43.5. The van der Waals surface area contributed by atoms with Gasteiger partial charge in [0.1, 0.15) is 12.3 Å². The summed E-state index contributed by atoms with van der Waals surface area (Å²) in [5.41, 5.74) is 0.936. The van der Waals surface area contributed by atoms with Crippen molar-refractivity contribution >= 4 is 5.96 Å². The molecule has 0 unspecified atom stereocenters. The number of benzene rings is 1. The lowest BCUT2D eigenvalue weighted by molar-refractivity contribution is -0.137. The summed E-state index contributed by atoms with van der Waals surface area (Å²) in [6, 6.07) is 5.13. The van der Waals surface area contributed by atoms with Crippen LogP contribution >= 0.6 is 0 Å². The third kappa shape index (κ3) is 5.24. The quantitative estimate of drug-likeness (QED) is 0.642. The minimum atomic E-state index is -4.33. The highest BCUT2D eigenvalue weighted by Crippen LogP contribution is 2.29. The van der Waals surface area contributed by atoms with Crippen molar-refractivity contribution in [2.75, 3.05) is 13.6 Å². The fourth-order valence-corrected chi connectivity index (χ4v) is 2.37. The lowest BCUT2D eigenvalue weighted by Gasteiger charge is -2.22. The summed E-state index contributed by atoms with van der Waals surface area (Å²) in [5.74, 6) is 1.91. The van der Waals surface area contributed by atoms with Gasteiger partial charge in [-0.3, -0.25) is 0 Å². The lowest BCUT2D eigenvalue weighted by Crippen LogP contribution is -2.38. The highest BCUT2D eigenvalue weighted by atomic mass is 19.4. The average molecular weight is 368 g/mol. The number of hydrogen-bond donors (Lipinski definition) is 1. The van der Waals surface area contributed by atoms with Crippen molar-refractivity contribution in [3.05, 3.63) is 52.7 Å². The maximum atomic E-state index is 12.6. The molecule has 1 aromatic heterocycles. The third-order valence-corrected chi connectivity index (χ3v) is 3.83. The van der Waals surface area contributed by atoms with E-state index in [1.165, 1.54) is 12.1 Å². The molecule has 5 nitrogen and oxygen atoms in total. The number of alkyl halides is 3. The van der Waals surface area contributed by atoms with E-state index in [1.54, 1.807) is 0 Å². The van der Waals surface area contributed by atoms with E-state index in [2.05, 4.69) is 15.3 Å². The Kier molecular flexibility index (Phi) is 6.28. The van der Waals surface area contributed by atoms with Crippen molar-refractivity contribution < 1.29 is 17.6 Å². The van der Waals surface area contributed by atoms with Crippen molar-refractivity contribution in [2.24, 2.45) is 4.99 Å². The molecule has 0 spiro atoms. The molecule has 1 aromatic carbocycles. The van der Waals surface area contributed by atoms with Gasteiger partial charge in [-0.1, -0.05) is 12.1 Å². The van der Waals surface area contributed by atoms with Gasteiger partial charge in [-0.25, -0.2) is 9.98 Å². The van der Waals surface area contributed by atoms with Crippen LogP contribution in [0.25, 0.3) is 0 Å². The first-order valence-corrected chi connectivity index (χ1v) is 8.29. The van der Waals surface area contributed by atoms with Gasteiger partial charge in [0.25, 0.3) is 0 Å². The predicted molar refractivity (Wildman–Crippen MR) is 93.7 cm³/mol. The van der Waals surface area contributed by atoms with Crippen LogP contribution in [0.3, 0.4) is 0 Å². The largest absolute Gasteiger partial charge is 0.444 e. The number of oxazole rings is 1. The monoisotopic (exact) mass is 368 g/mol. The number of guanidine groups is 1. The molecule has 2 rings (SSSR count). The highest BCUT2D eigenvalue weighted by Gasteiger charge is 2.29. The number of aromatic nitrogens is 1. The van der Waals surface area contributed by atoms with Crippen LogP contribution < -0.4 is 5.32 Å². The maximum absolute atomic E-state index is 12.6. The van der Waals surface area contributed by atoms with Crippen LogP contribution in [0.15, 0.2) is 33.7 Å². The number of halogens is 3. The molecule has 1 heterocycles. The van der Waals surface area contributed by atoms with Gasteiger partial charge in [-0.2, -0.15) is 13.2 Å². The standard InChI is InChI=1S/C18H23F3N4O/c1-5-22-17(23-10-16-24-12(2)13(3)26-16)25(4)11-14-6-8-15(9-7-14)18(19,20)21/h6-9H,5,10-11H2,1-4H3,(H,22,23). The lowest BCUT2D eigenvalue weighted by atomic mass is 10.1. The van der Waals surface area contributed by atoms with Crippen molar-refractivity contribution in [3.8, 4) is 0 Å². The molecule has 142 valence electrons. The van der Waals surface area contributed by atoms with E-state index in [1.807, 2.05) is 32.7 Å². The topological polar surface area (TPSA) is 53.7 Å². The van der Waals surface area contributed by atoms with Gasteiger partial charge in [0, 0.05) is 20.1 Å². The van der Waals surface area contributed by atoms with Crippen LogP contribution in [0, 0.1) is 13.8 Å². The molecule has 0 saturated heterocycles. The number of rotatable bonds is 5. The van der Waals surface area contributed by atoms with Crippen LogP contribution in [0.4, 0.5) is 13.2 Å². The SMILES string of the molecule is CCNC(=NCc1nc(C)c(C)o1)N(C)Cc1ccc(C(F)(F)F)cc1. The second kappa shape index (κ2) is 8.25. The minimum absolute atomic E-state index is 0.286. The normalized spacial score (nSPS) is 12.3. The fraction of sp³-hybridized carbons (Fsp3) is 0.444. The van der Waals surface area contributed by atoms with E-state index in [-0.39, 0.29) is 6.54 Å². The van der Waals surface area contributed by atoms with Gasteiger partial charge in [0.05, 0.1) is 11.3 Å². The van der Waals surface area contributed by atoms with Crippen LogP contribution in [0.5, 0.6) is 0 Å². The molecular weight excluding hydrogens is 345 g/mol. The van der Waals surface area contributed by atoms with Crippen molar-refractivity contribution in [1.29, 1.82) is 0 Å². The Balaban J connectivity index is 2.07. The molecule has 0 fully saturated rings. The number of aryl methyl sites for hydroxylation is 2. The summed E-state index contributed by atoms with van der Waals surface area (Å²) in [6.45, 7) is 7.04. The number of aliphatic imine (C=N–C) groups is 1. The molecule has 0 aliphatic carbocycles. The second-order valence-corrected chi connectivity index (χ2v) is 5.97. The van der Waals surface area contributed by atoms with Crippen LogP contribution in [0.2, 0.25) is 0 Å². The average Bonchev–Trinajstić information content (AvgIpc) is 2.89. The molecule has 0 saturated carbocycles. The molecule has 0 aliphatic heterocycles. The van der Waals surface area contributed by atoms with Gasteiger partial charge in [0.15, 0.2) is 5.96 Å². The summed E-state index contributed by atoms with van der Waals surface area (Å²) >= 11 is 0. The first-order valence-electron chi connectivity index (χ1n) is 8.29. The molecule has 0 aliphatic rings. The number of hydrogen-bond acceptors (Lipinski definition) is 3. The molecule has 0 atom stereocenters. The first-order chi connectivity index (χ1) is 12.2. The van der Waals surface area contributed by atoms with E-state index in [0.29, 0.717) is 24.9 Å². The first kappa shape index (κ1) is 19.8. The Hall–Kier alpha value is -2.51. The second-order valence-electron chi connectivity index (χ2n) is 5.97. The zero-order valence-corrected chi connectivity index (χ0v) is 15.3. The Morgan fingerprint density at radius 1 is 1.23 bits per heavy atom. The van der Waals surface area contributed by atoms with E-state index in [4.69, 9.17) is 4.42 Å². The zero-order chi connectivity index (χ0) is 19.3. The van der Waals surface area contributed by atoms with Gasteiger partial charge < -0.3 is 14.6 Å². The summed E-state index contributed by atoms with van der Waals surface area (Å²) in [6.07, 6.45) is -4.33. The zero-order valence-electron chi connectivity index (χ0n) is 15.3. The number of nitrogens with zero attached hydrogens (tertiary/aromatic N) is 3. The van der Waals surface area contributed by atoms with Crippen molar-refractivity contribution in [1.82, 2.24) is 15.2 Å². The van der Waals surface area contributed by atoms with Crippen molar-refractivity contribution in [2.45, 2.75) is 40.0 Å². The maximum Gasteiger partial charge on any atom is 0.416 e. The highest BCUT2D eigenvalue weighted by molar-refractivity contribution is 5.79. The smallest absolute Gasteiger partial charge is 0.416 e. The minimum Gasteiger partial charge on any atom is -0.444 e. The third-order valence-electron chi connectivity index (χ3n) is 3.83. The Bertz CT molecular complexity index is 731. The molecule has 0 radical (unpaired) electrons. The van der Waals surface area contributed by atoms with Gasteiger partial charge in [0.2, 0.25) is 5.89 Å². The van der Waals surface area contributed by atoms with Gasteiger partial charge in [-0.15, -0.1) is 0 Å². The summed E-state index contributed by atoms with van der Waals surface area (Å²) in [7, 11) is 1.82. The van der Waals surface area contributed by atoms with Crippen LogP contribution in [-0.4, -0.2) is 29.4 Å². The Morgan fingerprint density at radius 3 is 2.38 bits per heavy atom. The molecule has 0 amide bonds. The molecule has 1 N–H and O–H groups in total. The van der Waals surface area contributed by atoms with Crippen LogP contribution in [-0.2, 0) is 19.3 Å². The van der Waals surface area contributed by atoms with Crippen molar-refractivity contribution in [3.63, 3.8) is 0 Å². The predicted octanol–water partition coefficient (Wildman–Crippen LogP) is 3.91. The van der Waals surface area contributed by atoms with Crippen LogP contribution in [0.1, 0.15) is 35.4 Å². The van der Waals surface area contributed by atoms with Gasteiger partial charge >= 0.3 is 6.18 Å². The van der Waals surface area contributed by atoms with E-state index in [0.717, 1.165) is 29.2 Å². The summed E-state index contributed by atoms with van der Waals surface area (Å²) in [4.78, 5) is 10.6. The Labute approximate surface area is 150 Å². The van der Waals surface area contributed by atoms with E-state index in [9.17, 15) is 13.2 Å². The number of nitrogens with one attached hydrogen (secondary N) is 1. The molecule has 0 bridgehead atoms. The van der Waals surface area contributed by atoms with Gasteiger partial charge in [-0.05, 0) is 38.5 Å². The fourth-order valence-electron chi connectivity index (χ4n) is 2.37. The summed E-state index contributed by atoms with van der Waals surface area (Å²) in [5, 5.41) is 3.16. The van der Waals surface area contributed by atoms with E-state index < -0.39 is 11.7 Å².